The summed E-state index contributed by atoms with van der Waals surface area (Å²) in [5, 5.41) is 22.3. The van der Waals surface area contributed by atoms with Gasteiger partial charge in [0.2, 0.25) is 0 Å². The quantitative estimate of drug-likeness (QED) is 0.753. The minimum absolute atomic E-state index is 0.111. The summed E-state index contributed by atoms with van der Waals surface area (Å²) in [5.74, 6) is 1.53. The summed E-state index contributed by atoms with van der Waals surface area (Å²) in [6.07, 6.45) is 3.36. The van der Waals surface area contributed by atoms with Crippen LogP contribution in [0, 0.1) is 0 Å². The third-order valence-corrected chi connectivity index (χ3v) is 4.84. The maximum Gasteiger partial charge on any atom is 0.270 e. The van der Waals surface area contributed by atoms with Crippen molar-refractivity contribution in [3.63, 3.8) is 0 Å². The zero-order valence-corrected chi connectivity index (χ0v) is 13.9. The molecule has 1 fully saturated rings. The Morgan fingerprint density at radius 2 is 2.04 bits per heavy atom. The number of fused-ring (bicyclic) bond motifs is 1. The summed E-state index contributed by atoms with van der Waals surface area (Å²) in [4.78, 5) is 16.7. The Bertz CT molecular complexity index is 930. The van der Waals surface area contributed by atoms with Gasteiger partial charge in [-0.1, -0.05) is 24.3 Å². The van der Waals surface area contributed by atoms with E-state index in [0.717, 1.165) is 29.4 Å². The number of nitrogens with zero attached hydrogens (tertiary/aromatic N) is 4. The Labute approximate surface area is 144 Å². The molecule has 25 heavy (non-hydrogen) atoms. The molecule has 1 amide bonds. The summed E-state index contributed by atoms with van der Waals surface area (Å²) in [7, 11) is 1.85. The molecule has 0 bridgehead atoms. The number of rotatable bonds is 4. The van der Waals surface area contributed by atoms with Gasteiger partial charge in [0.15, 0.2) is 5.82 Å². The molecule has 2 heterocycles. The second kappa shape index (κ2) is 6.25. The topological polar surface area (TPSA) is 92.9 Å². The number of carbonyl (C=O) groups is 1. The van der Waals surface area contributed by atoms with E-state index in [-0.39, 0.29) is 24.5 Å². The summed E-state index contributed by atoms with van der Waals surface area (Å²) < 4.78 is 1.83. The van der Waals surface area contributed by atoms with Crippen LogP contribution < -0.4 is 5.32 Å². The first-order valence-electron chi connectivity index (χ1n) is 8.30. The van der Waals surface area contributed by atoms with Crippen LogP contribution in [0.1, 0.15) is 40.9 Å². The van der Waals surface area contributed by atoms with Crippen LogP contribution in [0.3, 0.4) is 0 Å². The highest BCUT2D eigenvalue weighted by Gasteiger charge is 2.35. The van der Waals surface area contributed by atoms with E-state index in [0.29, 0.717) is 11.5 Å². The van der Waals surface area contributed by atoms with Gasteiger partial charge in [0.05, 0.1) is 0 Å². The minimum Gasteiger partial charge on any atom is -0.388 e. The van der Waals surface area contributed by atoms with Crippen molar-refractivity contribution in [1.82, 2.24) is 25.1 Å². The second-order valence-corrected chi connectivity index (χ2v) is 6.45. The van der Waals surface area contributed by atoms with Gasteiger partial charge in [0.1, 0.15) is 18.1 Å². The number of hydrogen-bond acceptors (Lipinski definition) is 5. The third kappa shape index (κ3) is 2.87. The van der Waals surface area contributed by atoms with Gasteiger partial charge < -0.3 is 15.0 Å². The molecule has 1 saturated carbocycles. The van der Waals surface area contributed by atoms with Gasteiger partial charge >= 0.3 is 0 Å². The van der Waals surface area contributed by atoms with Gasteiger partial charge in [0, 0.05) is 30.6 Å². The van der Waals surface area contributed by atoms with Crippen LogP contribution >= 0.6 is 0 Å². The number of amides is 1. The van der Waals surface area contributed by atoms with Crippen LogP contribution in [0.2, 0.25) is 0 Å². The highest BCUT2D eigenvalue weighted by molar-refractivity contribution is 5.96. The molecule has 1 aliphatic carbocycles. The van der Waals surface area contributed by atoms with E-state index >= 15 is 0 Å². The SMILES string of the molecule is Cn1c(CO)nnc1C1CC(NC(=O)c2cc3ccccc3cn2)C1. The van der Waals surface area contributed by atoms with Crippen LogP contribution in [0.25, 0.3) is 10.8 Å². The molecule has 4 rings (SSSR count). The van der Waals surface area contributed by atoms with Crippen molar-refractivity contribution in [3.8, 4) is 0 Å². The Morgan fingerprint density at radius 3 is 2.76 bits per heavy atom. The number of nitrogens with one attached hydrogen (secondary N) is 1. The molecule has 0 radical (unpaired) electrons. The Balaban J connectivity index is 1.40. The molecule has 0 spiro atoms. The van der Waals surface area contributed by atoms with Crippen molar-refractivity contribution in [2.45, 2.75) is 31.4 Å². The summed E-state index contributed by atoms with van der Waals surface area (Å²) in [5.41, 5.74) is 0.434. The van der Waals surface area contributed by atoms with Crippen molar-refractivity contribution in [2.24, 2.45) is 7.05 Å². The third-order valence-electron chi connectivity index (χ3n) is 4.84. The molecule has 1 aliphatic rings. The molecule has 7 heteroatoms. The normalized spacial score (nSPS) is 19.6. The Hall–Kier alpha value is -2.80. The van der Waals surface area contributed by atoms with Crippen molar-refractivity contribution in [2.75, 3.05) is 0 Å². The van der Waals surface area contributed by atoms with E-state index in [2.05, 4.69) is 20.5 Å². The van der Waals surface area contributed by atoms with Crippen molar-refractivity contribution in [1.29, 1.82) is 0 Å². The van der Waals surface area contributed by atoms with Crippen molar-refractivity contribution < 1.29 is 9.90 Å². The molecule has 2 N–H and O–H groups in total. The minimum atomic E-state index is -0.150. The molecular formula is C18H19N5O2. The molecule has 0 saturated heterocycles. The lowest BCUT2D eigenvalue weighted by molar-refractivity contribution is 0.0902. The van der Waals surface area contributed by atoms with Crippen LogP contribution in [-0.2, 0) is 13.7 Å². The van der Waals surface area contributed by atoms with Crippen LogP contribution in [0.15, 0.2) is 36.5 Å². The fourth-order valence-corrected chi connectivity index (χ4v) is 3.28. The summed E-state index contributed by atoms with van der Waals surface area (Å²) in [6, 6.07) is 9.77. The fourth-order valence-electron chi connectivity index (χ4n) is 3.28. The predicted molar refractivity (Wildman–Crippen MR) is 91.9 cm³/mol. The van der Waals surface area contributed by atoms with E-state index in [1.165, 1.54) is 0 Å². The number of aliphatic hydroxyl groups is 1. The van der Waals surface area contributed by atoms with Gasteiger partial charge in [-0.2, -0.15) is 0 Å². The second-order valence-electron chi connectivity index (χ2n) is 6.45. The number of carbonyl (C=O) groups excluding carboxylic acids is 1. The van der Waals surface area contributed by atoms with E-state index in [1.807, 2.05) is 41.9 Å². The number of aliphatic hydroxyl groups excluding tert-OH is 1. The van der Waals surface area contributed by atoms with E-state index in [4.69, 9.17) is 0 Å². The molecule has 0 unspecified atom stereocenters. The molecular weight excluding hydrogens is 318 g/mol. The number of benzene rings is 1. The average molecular weight is 337 g/mol. The van der Waals surface area contributed by atoms with Crippen molar-refractivity contribution in [3.05, 3.63) is 53.9 Å². The summed E-state index contributed by atoms with van der Waals surface area (Å²) in [6.45, 7) is -0.121. The molecule has 1 aromatic carbocycles. The first-order valence-corrected chi connectivity index (χ1v) is 8.30. The number of pyridine rings is 1. The predicted octanol–water partition coefficient (Wildman–Crippen LogP) is 1.53. The lowest BCUT2D eigenvalue weighted by Gasteiger charge is -2.34. The smallest absolute Gasteiger partial charge is 0.270 e. The average Bonchev–Trinajstić information content (AvgIpc) is 2.97. The Morgan fingerprint density at radius 1 is 1.28 bits per heavy atom. The first-order chi connectivity index (χ1) is 12.2. The van der Waals surface area contributed by atoms with Gasteiger partial charge in [0.25, 0.3) is 5.91 Å². The number of hydrogen-bond donors (Lipinski definition) is 2. The highest BCUT2D eigenvalue weighted by Crippen LogP contribution is 2.36. The van der Waals surface area contributed by atoms with Crippen LogP contribution in [0.4, 0.5) is 0 Å². The van der Waals surface area contributed by atoms with E-state index in [9.17, 15) is 9.90 Å². The first kappa shape index (κ1) is 15.7. The molecule has 128 valence electrons. The molecule has 7 nitrogen and oxygen atoms in total. The maximum absolute atomic E-state index is 12.4. The zero-order chi connectivity index (χ0) is 17.4. The van der Waals surface area contributed by atoms with Gasteiger partial charge in [-0.05, 0) is 24.3 Å². The van der Waals surface area contributed by atoms with Crippen LogP contribution in [-0.4, -0.2) is 36.8 Å². The van der Waals surface area contributed by atoms with Crippen molar-refractivity contribution >= 4 is 16.7 Å². The number of aromatic nitrogens is 4. The fraction of sp³-hybridized carbons (Fsp3) is 0.333. The lowest BCUT2D eigenvalue weighted by Crippen LogP contribution is -2.44. The molecule has 0 atom stereocenters. The molecule has 2 aromatic heterocycles. The molecule has 0 aliphatic heterocycles. The van der Waals surface area contributed by atoms with Gasteiger partial charge in [-0.15, -0.1) is 10.2 Å². The van der Waals surface area contributed by atoms with Gasteiger partial charge in [-0.25, -0.2) is 0 Å². The largest absolute Gasteiger partial charge is 0.388 e. The monoisotopic (exact) mass is 337 g/mol. The van der Waals surface area contributed by atoms with E-state index < -0.39 is 0 Å². The Kier molecular flexibility index (Phi) is 3.93. The highest BCUT2D eigenvalue weighted by atomic mass is 16.3. The maximum atomic E-state index is 12.4. The molecule has 3 aromatic rings. The van der Waals surface area contributed by atoms with Gasteiger partial charge in [-0.3, -0.25) is 9.78 Å². The lowest BCUT2D eigenvalue weighted by atomic mass is 9.79. The standard InChI is InChI=1S/C18H19N5O2/c1-23-16(10-24)21-22-17(23)13-6-14(7-13)20-18(25)15-8-11-4-2-3-5-12(11)9-19-15/h2-5,8-9,13-14,24H,6-7,10H2,1H3,(H,20,25). The van der Waals surface area contributed by atoms with Crippen LogP contribution in [0.5, 0.6) is 0 Å². The van der Waals surface area contributed by atoms with E-state index in [1.54, 1.807) is 6.20 Å². The summed E-state index contributed by atoms with van der Waals surface area (Å²) >= 11 is 0. The zero-order valence-electron chi connectivity index (χ0n) is 13.9.